The molecular weight excluding hydrogens is 295 g/mol. The third-order valence-corrected chi connectivity index (χ3v) is 3.89. The highest BCUT2D eigenvalue weighted by Gasteiger charge is 2.22. The number of para-hydroxylation sites is 2. The summed E-state index contributed by atoms with van der Waals surface area (Å²) in [5, 5.41) is 0. The normalized spacial score (nSPS) is 11.4. The molecule has 0 atom stereocenters. The Morgan fingerprint density at radius 3 is 2.70 bits per heavy atom. The Bertz CT molecular complexity index is 1080. The van der Waals surface area contributed by atoms with Crippen LogP contribution in [0.25, 0.3) is 16.7 Å². The van der Waals surface area contributed by atoms with Crippen LogP contribution in [-0.4, -0.2) is 24.8 Å². The molecule has 0 radical (unpaired) electrons. The van der Waals surface area contributed by atoms with Gasteiger partial charge in [0.2, 0.25) is 0 Å². The smallest absolute Gasteiger partial charge is 0.282 e. The average molecular weight is 308 g/mol. The number of imidazole rings is 2. The third kappa shape index (κ3) is 1.95. The maximum absolute atomic E-state index is 13.6. The minimum Gasteiger partial charge on any atom is -0.292 e. The Balaban J connectivity index is 2.00. The number of pyridine rings is 1. The fourth-order valence-electron chi connectivity index (χ4n) is 2.90. The van der Waals surface area contributed by atoms with E-state index in [0.717, 1.165) is 11.0 Å². The van der Waals surface area contributed by atoms with Crippen LogP contribution in [0, 0.1) is 19.7 Å². The maximum atomic E-state index is 13.6. The summed E-state index contributed by atoms with van der Waals surface area (Å²) in [7, 11) is 0. The van der Waals surface area contributed by atoms with E-state index >= 15 is 0 Å². The molecule has 0 aliphatic carbocycles. The summed E-state index contributed by atoms with van der Waals surface area (Å²) in [5.41, 5.74) is 2.90. The van der Waals surface area contributed by atoms with Crippen LogP contribution >= 0.6 is 0 Å². The first-order valence-corrected chi connectivity index (χ1v) is 7.19. The summed E-state index contributed by atoms with van der Waals surface area (Å²) in [4.78, 5) is 21.8. The molecular formula is C17H13FN4O. The van der Waals surface area contributed by atoms with Gasteiger partial charge < -0.3 is 0 Å². The van der Waals surface area contributed by atoms with Gasteiger partial charge in [-0.3, -0.25) is 13.8 Å². The lowest BCUT2D eigenvalue weighted by Crippen LogP contribution is -2.17. The van der Waals surface area contributed by atoms with E-state index in [0.29, 0.717) is 22.9 Å². The first kappa shape index (κ1) is 13.6. The molecule has 0 aliphatic rings. The van der Waals surface area contributed by atoms with Crippen molar-refractivity contribution in [2.75, 3.05) is 0 Å². The number of carbonyl (C=O) groups is 1. The number of hydrogen-bond donors (Lipinski definition) is 0. The van der Waals surface area contributed by atoms with Crippen molar-refractivity contribution in [2.45, 2.75) is 13.8 Å². The summed E-state index contributed by atoms with van der Waals surface area (Å²) in [6.07, 6.45) is 1.27. The lowest BCUT2D eigenvalue weighted by Gasteiger charge is -2.06. The van der Waals surface area contributed by atoms with Crippen molar-refractivity contribution in [3.05, 3.63) is 65.6 Å². The number of hydrogen-bond acceptors (Lipinski definition) is 3. The van der Waals surface area contributed by atoms with E-state index in [9.17, 15) is 9.18 Å². The van der Waals surface area contributed by atoms with E-state index in [1.807, 2.05) is 24.3 Å². The van der Waals surface area contributed by atoms with Gasteiger partial charge in [0.15, 0.2) is 0 Å². The van der Waals surface area contributed by atoms with Crippen LogP contribution < -0.4 is 0 Å². The molecule has 6 heteroatoms. The largest absolute Gasteiger partial charge is 0.292 e. The summed E-state index contributed by atoms with van der Waals surface area (Å²) >= 11 is 0. The van der Waals surface area contributed by atoms with Crippen molar-refractivity contribution >= 4 is 22.6 Å². The number of fused-ring (bicyclic) bond motifs is 2. The molecule has 1 aromatic carbocycles. The number of aryl methyl sites for hydroxylation is 2. The molecule has 0 unspecified atom stereocenters. The molecule has 0 amide bonds. The first-order valence-electron chi connectivity index (χ1n) is 7.19. The number of nitrogens with zero attached hydrogens (tertiary/aromatic N) is 4. The second-order valence-electron chi connectivity index (χ2n) is 5.41. The predicted octanol–water partition coefficient (Wildman–Crippen LogP) is 3.13. The van der Waals surface area contributed by atoms with Gasteiger partial charge in [0.25, 0.3) is 5.91 Å². The first-order chi connectivity index (χ1) is 11.1. The molecule has 5 nitrogen and oxygen atoms in total. The van der Waals surface area contributed by atoms with Crippen LogP contribution in [0.15, 0.2) is 42.6 Å². The molecule has 0 fully saturated rings. The molecule has 0 bridgehead atoms. The van der Waals surface area contributed by atoms with E-state index < -0.39 is 5.82 Å². The van der Waals surface area contributed by atoms with E-state index in [-0.39, 0.29) is 5.91 Å². The highest BCUT2D eigenvalue weighted by atomic mass is 19.1. The Morgan fingerprint density at radius 2 is 1.87 bits per heavy atom. The van der Waals surface area contributed by atoms with Crippen molar-refractivity contribution in [1.82, 2.24) is 18.9 Å². The van der Waals surface area contributed by atoms with Crippen LogP contribution in [-0.2, 0) is 0 Å². The Morgan fingerprint density at radius 1 is 1.09 bits per heavy atom. The minimum absolute atomic E-state index is 0.271. The highest BCUT2D eigenvalue weighted by molar-refractivity contribution is 6.01. The van der Waals surface area contributed by atoms with Gasteiger partial charge in [-0.2, -0.15) is 0 Å². The fourth-order valence-corrected chi connectivity index (χ4v) is 2.90. The van der Waals surface area contributed by atoms with E-state index in [2.05, 4.69) is 9.97 Å². The van der Waals surface area contributed by atoms with Crippen molar-refractivity contribution < 1.29 is 9.18 Å². The number of carbonyl (C=O) groups excluding carboxylic acids is 1. The van der Waals surface area contributed by atoms with Gasteiger partial charge in [0.1, 0.15) is 23.0 Å². The average Bonchev–Trinajstić information content (AvgIpc) is 3.01. The van der Waals surface area contributed by atoms with Gasteiger partial charge >= 0.3 is 0 Å². The molecule has 3 heterocycles. The Hall–Kier alpha value is -3.02. The van der Waals surface area contributed by atoms with Gasteiger partial charge in [-0.1, -0.05) is 12.1 Å². The van der Waals surface area contributed by atoms with E-state index in [1.165, 1.54) is 21.2 Å². The van der Waals surface area contributed by atoms with Crippen LogP contribution in [0.1, 0.15) is 22.0 Å². The monoisotopic (exact) mass is 308 g/mol. The van der Waals surface area contributed by atoms with Crippen LogP contribution in [0.4, 0.5) is 4.39 Å². The zero-order valence-electron chi connectivity index (χ0n) is 12.6. The zero-order valence-corrected chi connectivity index (χ0v) is 12.6. The molecule has 0 spiro atoms. The van der Waals surface area contributed by atoms with Gasteiger partial charge in [-0.05, 0) is 38.1 Å². The van der Waals surface area contributed by atoms with Crippen LogP contribution in [0.3, 0.4) is 0 Å². The Labute approximate surface area is 131 Å². The molecule has 0 saturated carbocycles. The van der Waals surface area contributed by atoms with Crippen LogP contribution in [0.2, 0.25) is 0 Å². The third-order valence-electron chi connectivity index (χ3n) is 3.89. The standard InChI is InChI=1S/C17H13FN4O/c1-10-16(21-9-12(18)7-8-15(21)19-10)17(23)22-11(2)20-13-5-3-4-6-14(13)22/h3-9H,1-2H3. The lowest BCUT2D eigenvalue weighted by molar-refractivity contribution is 0.0956. The molecule has 23 heavy (non-hydrogen) atoms. The number of benzene rings is 1. The maximum Gasteiger partial charge on any atom is 0.282 e. The second-order valence-corrected chi connectivity index (χ2v) is 5.41. The summed E-state index contributed by atoms with van der Waals surface area (Å²) < 4.78 is 16.6. The molecule has 0 N–H and O–H groups in total. The topological polar surface area (TPSA) is 52.2 Å². The van der Waals surface area contributed by atoms with Crippen molar-refractivity contribution in [3.8, 4) is 0 Å². The van der Waals surface area contributed by atoms with E-state index in [4.69, 9.17) is 0 Å². The van der Waals surface area contributed by atoms with Gasteiger partial charge in [0, 0.05) is 6.20 Å². The Kier molecular flexibility index (Phi) is 2.81. The van der Waals surface area contributed by atoms with Gasteiger partial charge in [-0.25, -0.2) is 14.4 Å². The van der Waals surface area contributed by atoms with Crippen molar-refractivity contribution in [3.63, 3.8) is 0 Å². The van der Waals surface area contributed by atoms with Crippen molar-refractivity contribution in [1.29, 1.82) is 0 Å². The predicted molar refractivity (Wildman–Crippen MR) is 84.1 cm³/mol. The number of halogens is 1. The minimum atomic E-state index is -0.420. The highest BCUT2D eigenvalue weighted by Crippen LogP contribution is 2.20. The molecule has 114 valence electrons. The number of rotatable bonds is 1. The summed E-state index contributed by atoms with van der Waals surface area (Å²) in [6.45, 7) is 3.52. The molecule has 3 aromatic heterocycles. The van der Waals surface area contributed by atoms with Crippen LogP contribution in [0.5, 0.6) is 0 Å². The van der Waals surface area contributed by atoms with Gasteiger partial charge in [0.05, 0.1) is 16.7 Å². The SMILES string of the molecule is Cc1nc2ccc(F)cn2c1C(=O)n1c(C)nc2ccccc21. The molecule has 0 saturated heterocycles. The van der Waals surface area contributed by atoms with E-state index in [1.54, 1.807) is 19.9 Å². The lowest BCUT2D eigenvalue weighted by atomic mass is 10.3. The summed E-state index contributed by atoms with van der Waals surface area (Å²) in [5.74, 6) is -0.107. The van der Waals surface area contributed by atoms with Crippen molar-refractivity contribution in [2.24, 2.45) is 0 Å². The fraction of sp³-hybridized carbons (Fsp3) is 0.118. The van der Waals surface area contributed by atoms with Gasteiger partial charge in [-0.15, -0.1) is 0 Å². The molecule has 0 aliphatic heterocycles. The number of aromatic nitrogens is 4. The molecule has 4 rings (SSSR count). The zero-order chi connectivity index (χ0) is 16.1. The second kappa shape index (κ2) is 4.74. The summed E-state index contributed by atoms with van der Waals surface area (Å²) in [6, 6.07) is 10.3. The quantitative estimate of drug-likeness (QED) is 0.543. The molecule has 4 aromatic rings.